The first-order valence-corrected chi connectivity index (χ1v) is 14.5. The number of carbonyl (C=O) groups excluding carboxylic acids is 1. The molecule has 0 amide bonds. The van der Waals surface area contributed by atoms with E-state index >= 15 is 0 Å². The lowest BCUT2D eigenvalue weighted by Gasteiger charge is -2.65. The highest BCUT2D eigenvalue weighted by Gasteiger charge is 2.65. The van der Waals surface area contributed by atoms with Crippen molar-refractivity contribution in [2.45, 2.75) is 111 Å². The molecule has 0 aromatic heterocycles. The molecule has 0 N–H and O–H groups in total. The molecule has 0 aliphatic heterocycles. The van der Waals surface area contributed by atoms with E-state index in [2.05, 4.69) is 27.7 Å². The first kappa shape index (κ1) is 27.4. The highest BCUT2D eigenvalue weighted by atomic mass is 16.8. The van der Waals surface area contributed by atoms with Crippen LogP contribution in [0.25, 0.3) is 0 Å². The predicted octanol–water partition coefficient (Wildman–Crippen LogP) is 6.83. The van der Waals surface area contributed by atoms with E-state index in [-0.39, 0.29) is 12.1 Å². The molecule has 0 bridgehead atoms. The monoisotopic (exact) mass is 492 g/mol. The molecule has 0 spiro atoms. The molecule has 4 aliphatic carbocycles. The minimum absolute atomic E-state index is 0.0757. The maximum Gasteiger partial charge on any atom is 0.305 e. The topological polar surface area (TPSA) is 54.0 Å². The lowest BCUT2D eigenvalue weighted by molar-refractivity contribution is -0.325. The Bertz CT molecular complexity index is 722. The third-order valence-corrected chi connectivity index (χ3v) is 11.7. The molecule has 5 nitrogen and oxygen atoms in total. The number of carbonyl (C=O) groups is 1. The summed E-state index contributed by atoms with van der Waals surface area (Å²) in [5.41, 5.74) is 0.735. The fraction of sp³-hybridized carbons (Fsp3) is 0.967. The summed E-state index contributed by atoms with van der Waals surface area (Å²) in [5.74, 6) is 4.37. The molecule has 5 heteroatoms. The van der Waals surface area contributed by atoms with Crippen molar-refractivity contribution in [3.8, 4) is 0 Å². The fourth-order valence-electron chi connectivity index (χ4n) is 10.2. The fourth-order valence-corrected chi connectivity index (χ4v) is 10.2. The third-order valence-electron chi connectivity index (χ3n) is 11.7. The van der Waals surface area contributed by atoms with Crippen LogP contribution in [0, 0.1) is 52.3 Å². The highest BCUT2D eigenvalue weighted by Crippen LogP contribution is 2.70. The maximum atomic E-state index is 11.9. The van der Waals surface area contributed by atoms with Crippen molar-refractivity contribution in [2.75, 3.05) is 21.3 Å². The quantitative estimate of drug-likeness (QED) is 0.261. The second-order valence-corrected chi connectivity index (χ2v) is 12.9. The van der Waals surface area contributed by atoms with Gasteiger partial charge >= 0.3 is 5.97 Å². The molecule has 4 aliphatic rings. The van der Waals surface area contributed by atoms with Gasteiger partial charge in [-0.25, -0.2) is 0 Å². The van der Waals surface area contributed by atoms with Crippen LogP contribution in [0.3, 0.4) is 0 Å². The summed E-state index contributed by atoms with van der Waals surface area (Å²) in [6.45, 7) is 9.39. The van der Waals surface area contributed by atoms with Gasteiger partial charge in [0.25, 0.3) is 6.48 Å². The second kappa shape index (κ2) is 11.0. The molecule has 0 unspecified atom stereocenters. The van der Waals surface area contributed by atoms with Gasteiger partial charge in [0.15, 0.2) is 0 Å². The van der Waals surface area contributed by atoms with Crippen LogP contribution in [-0.2, 0) is 23.7 Å². The first-order valence-electron chi connectivity index (χ1n) is 14.5. The van der Waals surface area contributed by atoms with Crippen LogP contribution < -0.4 is 0 Å². The number of hydrogen-bond donors (Lipinski definition) is 0. The number of fused-ring (bicyclic) bond motifs is 5. The van der Waals surface area contributed by atoms with Crippen molar-refractivity contribution in [1.82, 2.24) is 0 Å². The summed E-state index contributed by atoms with van der Waals surface area (Å²) >= 11 is 0. The number of esters is 1. The Kier molecular flexibility index (Phi) is 8.60. The molecule has 202 valence electrons. The van der Waals surface area contributed by atoms with E-state index in [4.69, 9.17) is 18.9 Å². The zero-order chi connectivity index (χ0) is 25.4. The zero-order valence-corrected chi connectivity index (χ0v) is 23.5. The van der Waals surface area contributed by atoms with Crippen LogP contribution in [-0.4, -0.2) is 39.9 Å². The van der Waals surface area contributed by atoms with E-state index in [1.54, 1.807) is 14.2 Å². The van der Waals surface area contributed by atoms with Crippen molar-refractivity contribution >= 4 is 5.97 Å². The normalized spacial score (nSPS) is 43.8. The van der Waals surface area contributed by atoms with Gasteiger partial charge < -0.3 is 18.9 Å². The predicted molar refractivity (Wildman–Crippen MR) is 137 cm³/mol. The molecule has 0 saturated heterocycles. The second-order valence-electron chi connectivity index (χ2n) is 12.9. The van der Waals surface area contributed by atoms with E-state index in [9.17, 15) is 4.79 Å². The van der Waals surface area contributed by atoms with Gasteiger partial charge in [0, 0.05) is 20.6 Å². The van der Waals surface area contributed by atoms with Crippen LogP contribution in [0.15, 0.2) is 0 Å². The summed E-state index contributed by atoms with van der Waals surface area (Å²) in [7, 11) is 4.89. The molecular weight excluding hydrogens is 440 g/mol. The molecule has 4 fully saturated rings. The Labute approximate surface area is 214 Å². The Morgan fingerprint density at radius 2 is 1.63 bits per heavy atom. The third kappa shape index (κ3) is 4.72. The summed E-state index contributed by atoms with van der Waals surface area (Å²) in [5, 5.41) is 0. The van der Waals surface area contributed by atoms with Gasteiger partial charge in [-0.3, -0.25) is 4.79 Å². The SMILES string of the molecule is CC[C@H]1[C@@H](OC(OC)OC)[C@@H]2[C@H](CC[C@]3(C)[C@@H]([C@H](C)CCC(=O)OC)CC[C@@H]23)[C@@]2(C)CCCC[C@@H]12. The van der Waals surface area contributed by atoms with Crippen LogP contribution in [0.1, 0.15) is 98.3 Å². The Hall–Kier alpha value is -0.650. The number of ether oxygens (including phenoxy) is 4. The molecule has 0 aromatic carbocycles. The molecular formula is C30H52O5. The summed E-state index contributed by atoms with van der Waals surface area (Å²) in [6, 6.07) is 0. The maximum absolute atomic E-state index is 11.9. The Morgan fingerprint density at radius 3 is 2.29 bits per heavy atom. The van der Waals surface area contributed by atoms with Crippen LogP contribution in [0.5, 0.6) is 0 Å². The largest absolute Gasteiger partial charge is 0.469 e. The molecule has 10 atom stereocenters. The molecule has 35 heavy (non-hydrogen) atoms. The minimum Gasteiger partial charge on any atom is -0.469 e. The van der Waals surface area contributed by atoms with Gasteiger partial charge in [-0.05, 0) is 97.2 Å². The first-order chi connectivity index (χ1) is 16.7. The average molecular weight is 493 g/mol. The number of methoxy groups -OCH3 is 3. The minimum atomic E-state index is -0.591. The average Bonchev–Trinajstić information content (AvgIpc) is 3.22. The summed E-state index contributed by atoms with van der Waals surface area (Å²) in [4.78, 5) is 11.9. The molecule has 0 radical (unpaired) electrons. The van der Waals surface area contributed by atoms with Crippen molar-refractivity contribution in [2.24, 2.45) is 52.3 Å². The van der Waals surface area contributed by atoms with Crippen molar-refractivity contribution in [1.29, 1.82) is 0 Å². The summed E-state index contributed by atoms with van der Waals surface area (Å²) < 4.78 is 23.0. The molecule has 0 heterocycles. The highest BCUT2D eigenvalue weighted by molar-refractivity contribution is 5.69. The van der Waals surface area contributed by atoms with Crippen LogP contribution in [0.4, 0.5) is 0 Å². The van der Waals surface area contributed by atoms with E-state index in [1.807, 2.05) is 0 Å². The van der Waals surface area contributed by atoms with Gasteiger partial charge in [0.1, 0.15) is 0 Å². The van der Waals surface area contributed by atoms with Crippen molar-refractivity contribution in [3.05, 3.63) is 0 Å². The van der Waals surface area contributed by atoms with Gasteiger partial charge in [0.2, 0.25) is 0 Å². The van der Waals surface area contributed by atoms with E-state index < -0.39 is 6.48 Å². The smallest absolute Gasteiger partial charge is 0.305 e. The van der Waals surface area contributed by atoms with Crippen LogP contribution >= 0.6 is 0 Å². The molecule has 4 saturated carbocycles. The van der Waals surface area contributed by atoms with Gasteiger partial charge in [-0.15, -0.1) is 0 Å². The standard InChI is InChI=1S/C30H52O5/c1-8-20-22-11-9-10-17-29(22,3)24-16-18-30(4)21(19(2)12-15-25(31)32-5)13-14-23(30)26(24)27(20)35-28(33-6)34-7/h19-24,26-28H,8-18H2,1-7H3/t19-,20-,21-,22+,23+,24+,26+,27-,29+,30-/m1/s1. The number of hydrogen-bond acceptors (Lipinski definition) is 5. The van der Waals surface area contributed by atoms with E-state index in [0.29, 0.717) is 46.8 Å². The molecule has 0 aromatic rings. The van der Waals surface area contributed by atoms with Gasteiger partial charge in [0.05, 0.1) is 13.2 Å². The molecule has 4 rings (SSSR count). The number of rotatable bonds is 9. The van der Waals surface area contributed by atoms with E-state index in [0.717, 1.165) is 24.7 Å². The summed E-state index contributed by atoms with van der Waals surface area (Å²) in [6.07, 6.45) is 13.5. The van der Waals surface area contributed by atoms with Gasteiger partial charge in [-0.2, -0.15) is 0 Å². The zero-order valence-electron chi connectivity index (χ0n) is 23.5. The van der Waals surface area contributed by atoms with Crippen molar-refractivity contribution < 1.29 is 23.7 Å². The van der Waals surface area contributed by atoms with Crippen molar-refractivity contribution in [3.63, 3.8) is 0 Å². The lowest BCUT2D eigenvalue weighted by Crippen LogP contribution is -2.62. The van der Waals surface area contributed by atoms with Crippen LogP contribution in [0.2, 0.25) is 0 Å². The Balaban J connectivity index is 1.66. The van der Waals surface area contributed by atoms with E-state index in [1.165, 1.54) is 58.5 Å². The van der Waals surface area contributed by atoms with Gasteiger partial charge in [-0.1, -0.05) is 47.0 Å². The Morgan fingerprint density at radius 1 is 0.914 bits per heavy atom. The lowest BCUT2D eigenvalue weighted by atomic mass is 9.41.